The van der Waals surface area contributed by atoms with Crippen molar-refractivity contribution in [2.24, 2.45) is 5.92 Å². The van der Waals surface area contributed by atoms with Crippen molar-refractivity contribution < 1.29 is 14.4 Å². The molecule has 1 aliphatic rings. The zero-order valence-corrected chi connectivity index (χ0v) is 14.6. The Kier molecular flexibility index (Phi) is 5.41. The van der Waals surface area contributed by atoms with Gasteiger partial charge < -0.3 is 5.32 Å². The molecular weight excluding hydrogens is 330 g/mol. The molecule has 6 nitrogen and oxygen atoms in total. The first-order chi connectivity index (χ1) is 12.6. The van der Waals surface area contributed by atoms with Crippen molar-refractivity contribution in [2.75, 3.05) is 10.2 Å². The van der Waals surface area contributed by atoms with Gasteiger partial charge in [0.15, 0.2) is 0 Å². The molecule has 134 valence electrons. The summed E-state index contributed by atoms with van der Waals surface area (Å²) >= 11 is 0. The number of carbonyl (C=O) groups excluding carboxylic acids is 3. The molecule has 1 fully saturated rings. The van der Waals surface area contributed by atoms with Gasteiger partial charge >= 0.3 is 0 Å². The molecule has 2 aromatic rings. The number of aromatic nitrogens is 1. The molecule has 1 aliphatic heterocycles. The van der Waals surface area contributed by atoms with E-state index in [2.05, 4.69) is 17.2 Å². The number of nitrogens with zero attached hydrogens (tertiary/aromatic N) is 2. The van der Waals surface area contributed by atoms with Gasteiger partial charge in [-0.15, -0.1) is 0 Å². The summed E-state index contributed by atoms with van der Waals surface area (Å²) in [6.45, 7) is 2.07. The van der Waals surface area contributed by atoms with E-state index in [1.807, 2.05) is 0 Å². The maximum atomic E-state index is 12.5. The van der Waals surface area contributed by atoms with Crippen LogP contribution in [0.25, 0.3) is 0 Å². The van der Waals surface area contributed by atoms with Gasteiger partial charge in [-0.05, 0) is 42.8 Å². The van der Waals surface area contributed by atoms with Crippen LogP contribution in [-0.4, -0.2) is 22.7 Å². The molecule has 2 heterocycles. The van der Waals surface area contributed by atoms with Gasteiger partial charge in [-0.25, -0.2) is 0 Å². The van der Waals surface area contributed by atoms with E-state index in [0.29, 0.717) is 17.1 Å². The maximum absolute atomic E-state index is 12.5. The van der Waals surface area contributed by atoms with E-state index in [4.69, 9.17) is 0 Å². The Morgan fingerprint density at radius 3 is 2.62 bits per heavy atom. The quantitative estimate of drug-likeness (QED) is 0.809. The van der Waals surface area contributed by atoms with Crippen molar-refractivity contribution in [3.8, 4) is 0 Å². The first-order valence-electron chi connectivity index (χ1n) is 8.79. The number of carbonyl (C=O) groups is 3. The lowest BCUT2D eigenvalue weighted by atomic mass is 10.0. The van der Waals surface area contributed by atoms with E-state index in [-0.39, 0.29) is 30.1 Å². The minimum atomic E-state index is -0.314. The molecule has 1 aromatic carbocycles. The smallest absolute Gasteiger partial charge is 0.274 e. The molecule has 0 bridgehead atoms. The SMILES string of the molecule is CCCC[C@H]1CC(=O)N(c2ccc(NC(=O)c3ccccn3)cc2)C1=O. The van der Waals surface area contributed by atoms with E-state index >= 15 is 0 Å². The van der Waals surface area contributed by atoms with Gasteiger partial charge in [0, 0.05) is 24.2 Å². The maximum Gasteiger partial charge on any atom is 0.274 e. The van der Waals surface area contributed by atoms with E-state index in [1.165, 1.54) is 4.90 Å². The Morgan fingerprint density at radius 2 is 1.96 bits per heavy atom. The van der Waals surface area contributed by atoms with Crippen LogP contribution in [0, 0.1) is 5.92 Å². The average Bonchev–Trinajstić information content (AvgIpc) is 2.95. The molecule has 0 radical (unpaired) electrons. The minimum Gasteiger partial charge on any atom is -0.321 e. The normalized spacial score (nSPS) is 16.8. The predicted molar refractivity (Wildman–Crippen MR) is 98.8 cm³/mol. The van der Waals surface area contributed by atoms with Gasteiger partial charge in [-0.1, -0.05) is 25.8 Å². The second-order valence-electron chi connectivity index (χ2n) is 6.33. The van der Waals surface area contributed by atoms with Gasteiger partial charge in [-0.2, -0.15) is 0 Å². The summed E-state index contributed by atoms with van der Waals surface area (Å²) in [5.74, 6) is -0.826. The van der Waals surface area contributed by atoms with Crippen LogP contribution in [0.2, 0.25) is 0 Å². The number of pyridine rings is 1. The highest BCUT2D eigenvalue weighted by Gasteiger charge is 2.38. The van der Waals surface area contributed by atoms with Crippen LogP contribution in [0.3, 0.4) is 0 Å². The van der Waals surface area contributed by atoms with Crippen LogP contribution in [0.4, 0.5) is 11.4 Å². The van der Waals surface area contributed by atoms with Crippen LogP contribution in [0.5, 0.6) is 0 Å². The summed E-state index contributed by atoms with van der Waals surface area (Å²) in [6.07, 6.45) is 4.52. The van der Waals surface area contributed by atoms with E-state index in [1.54, 1.807) is 48.7 Å². The number of imide groups is 1. The second kappa shape index (κ2) is 7.91. The fourth-order valence-corrected chi connectivity index (χ4v) is 3.03. The topological polar surface area (TPSA) is 79.4 Å². The number of unbranched alkanes of at least 4 members (excludes halogenated alkanes) is 1. The molecule has 1 atom stereocenters. The molecule has 3 rings (SSSR count). The molecule has 0 unspecified atom stereocenters. The van der Waals surface area contributed by atoms with Crippen LogP contribution in [0.1, 0.15) is 43.1 Å². The number of anilines is 2. The molecule has 1 aromatic heterocycles. The number of rotatable bonds is 6. The summed E-state index contributed by atoms with van der Waals surface area (Å²) in [5, 5.41) is 2.75. The lowest BCUT2D eigenvalue weighted by Gasteiger charge is -2.15. The number of benzene rings is 1. The third kappa shape index (κ3) is 3.79. The summed E-state index contributed by atoms with van der Waals surface area (Å²) in [6, 6.07) is 11.8. The van der Waals surface area contributed by atoms with E-state index < -0.39 is 0 Å². The molecular formula is C20H21N3O3. The Hall–Kier alpha value is -3.02. The lowest BCUT2D eigenvalue weighted by molar-refractivity contribution is -0.122. The highest BCUT2D eigenvalue weighted by atomic mass is 16.2. The van der Waals surface area contributed by atoms with Crippen molar-refractivity contribution in [1.29, 1.82) is 0 Å². The minimum absolute atomic E-state index is 0.131. The molecule has 0 spiro atoms. The molecule has 0 saturated carbocycles. The van der Waals surface area contributed by atoms with Crippen molar-refractivity contribution in [3.05, 3.63) is 54.4 Å². The molecule has 0 aliphatic carbocycles. The summed E-state index contributed by atoms with van der Waals surface area (Å²) < 4.78 is 0. The van der Waals surface area contributed by atoms with Crippen LogP contribution >= 0.6 is 0 Å². The van der Waals surface area contributed by atoms with Crippen molar-refractivity contribution >= 4 is 29.1 Å². The van der Waals surface area contributed by atoms with E-state index in [0.717, 1.165) is 19.3 Å². The molecule has 3 amide bonds. The second-order valence-corrected chi connectivity index (χ2v) is 6.33. The van der Waals surface area contributed by atoms with Crippen molar-refractivity contribution in [1.82, 2.24) is 4.98 Å². The van der Waals surface area contributed by atoms with Gasteiger partial charge in [0.25, 0.3) is 5.91 Å². The van der Waals surface area contributed by atoms with Crippen LogP contribution in [-0.2, 0) is 9.59 Å². The van der Waals surface area contributed by atoms with Gasteiger partial charge in [0.05, 0.1) is 5.69 Å². The summed E-state index contributed by atoms with van der Waals surface area (Å²) in [7, 11) is 0. The Morgan fingerprint density at radius 1 is 1.19 bits per heavy atom. The molecule has 6 heteroatoms. The Labute approximate surface area is 152 Å². The largest absolute Gasteiger partial charge is 0.321 e. The fraction of sp³-hybridized carbons (Fsp3) is 0.300. The fourth-order valence-electron chi connectivity index (χ4n) is 3.03. The molecule has 26 heavy (non-hydrogen) atoms. The van der Waals surface area contributed by atoms with Crippen LogP contribution in [0.15, 0.2) is 48.7 Å². The van der Waals surface area contributed by atoms with Gasteiger partial charge in [-0.3, -0.25) is 24.3 Å². The summed E-state index contributed by atoms with van der Waals surface area (Å²) in [4.78, 5) is 42.1. The monoisotopic (exact) mass is 351 g/mol. The summed E-state index contributed by atoms with van der Waals surface area (Å²) in [5.41, 5.74) is 1.43. The predicted octanol–water partition coefficient (Wildman–Crippen LogP) is 3.40. The number of amides is 3. The zero-order chi connectivity index (χ0) is 18.5. The first kappa shape index (κ1) is 17.8. The highest BCUT2D eigenvalue weighted by Crippen LogP contribution is 2.30. The third-order valence-corrected chi connectivity index (χ3v) is 4.43. The third-order valence-electron chi connectivity index (χ3n) is 4.43. The Bertz CT molecular complexity index is 803. The average molecular weight is 351 g/mol. The lowest BCUT2D eigenvalue weighted by Crippen LogP contribution is -2.30. The highest BCUT2D eigenvalue weighted by molar-refractivity contribution is 6.21. The standard InChI is InChI=1S/C20H21N3O3/c1-2-3-6-14-13-18(24)23(20(14)26)16-10-8-15(9-11-16)22-19(25)17-7-4-5-12-21-17/h4-5,7-12,14H,2-3,6,13H2,1H3,(H,22,25)/t14-/m0/s1. The Balaban J connectivity index is 1.68. The zero-order valence-electron chi connectivity index (χ0n) is 14.6. The van der Waals surface area contributed by atoms with Crippen LogP contribution < -0.4 is 10.2 Å². The van der Waals surface area contributed by atoms with Gasteiger partial charge in [0.2, 0.25) is 11.8 Å². The van der Waals surface area contributed by atoms with Gasteiger partial charge in [0.1, 0.15) is 5.69 Å². The molecule has 1 saturated heterocycles. The van der Waals surface area contributed by atoms with Crippen molar-refractivity contribution in [3.63, 3.8) is 0 Å². The molecule has 1 N–H and O–H groups in total. The number of hydrogen-bond donors (Lipinski definition) is 1. The first-order valence-corrected chi connectivity index (χ1v) is 8.79. The van der Waals surface area contributed by atoms with E-state index in [9.17, 15) is 14.4 Å². The number of hydrogen-bond acceptors (Lipinski definition) is 4. The van der Waals surface area contributed by atoms with Crippen molar-refractivity contribution in [2.45, 2.75) is 32.6 Å². The number of nitrogens with one attached hydrogen (secondary N) is 1.